The Balaban J connectivity index is 1.84. The van der Waals surface area contributed by atoms with E-state index in [0.717, 1.165) is 5.69 Å². The van der Waals surface area contributed by atoms with Crippen LogP contribution in [0.1, 0.15) is 40.4 Å². The number of rotatable bonds is 6. The first-order valence-electron chi connectivity index (χ1n) is 8.64. The highest BCUT2D eigenvalue weighted by atomic mass is 16.2. The molecule has 0 radical (unpaired) electrons. The second kappa shape index (κ2) is 7.44. The molecular weight excluding hydrogens is 348 g/mol. The summed E-state index contributed by atoms with van der Waals surface area (Å²) >= 11 is 0. The number of aromatic nitrogens is 6. The molecule has 2 N–H and O–H groups in total. The number of carbonyl (C=O) groups excluding carboxylic acids is 2. The van der Waals surface area contributed by atoms with Crippen molar-refractivity contribution in [1.29, 1.82) is 0 Å². The summed E-state index contributed by atoms with van der Waals surface area (Å²) in [5, 5.41) is 18.0. The van der Waals surface area contributed by atoms with E-state index >= 15 is 0 Å². The van der Waals surface area contributed by atoms with Crippen LogP contribution in [0.3, 0.4) is 0 Å². The zero-order valence-corrected chi connectivity index (χ0v) is 15.7. The molecule has 0 saturated heterocycles. The number of carbonyl (C=O) groups is 2. The molecule has 3 rings (SSSR count). The molecule has 0 aliphatic carbocycles. The lowest BCUT2D eigenvalue weighted by Gasteiger charge is -2.09. The molecule has 3 aromatic heterocycles. The van der Waals surface area contributed by atoms with E-state index in [9.17, 15) is 9.59 Å². The molecule has 3 heterocycles. The van der Waals surface area contributed by atoms with Gasteiger partial charge in [0.2, 0.25) is 0 Å². The van der Waals surface area contributed by atoms with Crippen LogP contribution < -0.4 is 10.6 Å². The van der Waals surface area contributed by atoms with Crippen molar-refractivity contribution in [2.24, 2.45) is 7.05 Å². The minimum absolute atomic E-state index is 0.275. The fraction of sp³-hybridized carbons (Fsp3) is 0.353. The van der Waals surface area contributed by atoms with Crippen molar-refractivity contribution < 1.29 is 9.59 Å². The van der Waals surface area contributed by atoms with Crippen LogP contribution in [0.2, 0.25) is 0 Å². The highest BCUT2D eigenvalue weighted by Gasteiger charge is 2.22. The zero-order valence-electron chi connectivity index (χ0n) is 15.7. The van der Waals surface area contributed by atoms with E-state index in [1.165, 1.54) is 17.1 Å². The van der Waals surface area contributed by atoms with E-state index in [-0.39, 0.29) is 17.5 Å². The monoisotopic (exact) mass is 370 g/mol. The average Bonchev–Trinajstić information content (AvgIpc) is 3.36. The van der Waals surface area contributed by atoms with Crippen LogP contribution in [0.5, 0.6) is 0 Å². The summed E-state index contributed by atoms with van der Waals surface area (Å²) in [5.74, 6) is -0.720. The van der Waals surface area contributed by atoms with Crippen molar-refractivity contribution in [2.45, 2.75) is 33.9 Å². The van der Waals surface area contributed by atoms with Gasteiger partial charge in [-0.05, 0) is 20.8 Å². The molecule has 0 atom stereocenters. The Morgan fingerprint density at radius 3 is 2.26 bits per heavy atom. The molecular formula is C17H22N8O2. The fourth-order valence-corrected chi connectivity index (χ4v) is 2.61. The molecule has 0 aliphatic heterocycles. The number of hydrogen-bond donors (Lipinski definition) is 2. The largest absolute Gasteiger partial charge is 0.319 e. The summed E-state index contributed by atoms with van der Waals surface area (Å²) in [6.07, 6.45) is 6.19. The second-order valence-electron chi connectivity index (χ2n) is 5.98. The summed E-state index contributed by atoms with van der Waals surface area (Å²) in [7, 11) is 1.80. The van der Waals surface area contributed by atoms with Crippen LogP contribution in [-0.4, -0.2) is 41.2 Å². The van der Waals surface area contributed by atoms with Gasteiger partial charge in [0.25, 0.3) is 11.8 Å². The third-order valence-electron chi connectivity index (χ3n) is 4.31. The lowest BCUT2D eigenvalue weighted by molar-refractivity contribution is 0.101. The standard InChI is InChI=1S/C17H22N8O2/c1-5-24-10-12(7-19-24)16(26)22-14-9-20-25(6-2)15(14)17(27)21-13-8-18-23(4)11(13)3/h7-10H,5-6H2,1-4H3,(H,21,27)(H,22,26). The van der Waals surface area contributed by atoms with E-state index in [1.54, 1.807) is 28.8 Å². The first-order chi connectivity index (χ1) is 12.9. The molecule has 0 aromatic carbocycles. The Hall–Kier alpha value is -3.43. The summed E-state index contributed by atoms with van der Waals surface area (Å²) in [4.78, 5) is 25.3. The molecule has 0 saturated carbocycles. The predicted octanol–water partition coefficient (Wildman–Crippen LogP) is 1.67. The lowest BCUT2D eigenvalue weighted by Crippen LogP contribution is -2.21. The van der Waals surface area contributed by atoms with Crippen molar-refractivity contribution in [1.82, 2.24) is 29.3 Å². The number of nitrogens with zero attached hydrogens (tertiary/aromatic N) is 6. The van der Waals surface area contributed by atoms with E-state index in [1.807, 2.05) is 20.8 Å². The number of nitrogens with one attached hydrogen (secondary N) is 2. The number of aryl methyl sites for hydroxylation is 3. The fourth-order valence-electron chi connectivity index (χ4n) is 2.61. The van der Waals surface area contributed by atoms with Gasteiger partial charge in [0, 0.05) is 26.3 Å². The summed E-state index contributed by atoms with van der Waals surface area (Å²) < 4.78 is 4.86. The van der Waals surface area contributed by atoms with Crippen molar-refractivity contribution >= 4 is 23.2 Å². The molecule has 0 aliphatic rings. The maximum Gasteiger partial charge on any atom is 0.276 e. The van der Waals surface area contributed by atoms with E-state index in [2.05, 4.69) is 25.9 Å². The topological polar surface area (TPSA) is 112 Å². The first kappa shape index (κ1) is 18.4. The maximum absolute atomic E-state index is 12.8. The van der Waals surface area contributed by atoms with Gasteiger partial charge < -0.3 is 10.6 Å². The van der Waals surface area contributed by atoms with Crippen molar-refractivity contribution in [3.63, 3.8) is 0 Å². The van der Waals surface area contributed by atoms with Crippen LogP contribution >= 0.6 is 0 Å². The maximum atomic E-state index is 12.8. The van der Waals surface area contributed by atoms with Gasteiger partial charge in [-0.15, -0.1) is 0 Å². The van der Waals surface area contributed by atoms with Gasteiger partial charge in [-0.1, -0.05) is 0 Å². The van der Waals surface area contributed by atoms with Gasteiger partial charge >= 0.3 is 0 Å². The first-order valence-corrected chi connectivity index (χ1v) is 8.64. The molecule has 10 heteroatoms. The van der Waals surface area contributed by atoms with Crippen LogP contribution in [0.15, 0.2) is 24.8 Å². The molecule has 10 nitrogen and oxygen atoms in total. The Morgan fingerprint density at radius 2 is 1.67 bits per heavy atom. The van der Waals surface area contributed by atoms with Crippen LogP contribution in [0, 0.1) is 6.92 Å². The lowest BCUT2D eigenvalue weighted by atomic mass is 10.2. The summed E-state index contributed by atoms with van der Waals surface area (Å²) in [6, 6.07) is 0. The van der Waals surface area contributed by atoms with E-state index < -0.39 is 0 Å². The Morgan fingerprint density at radius 1 is 0.963 bits per heavy atom. The van der Waals surface area contributed by atoms with Gasteiger partial charge in [0.1, 0.15) is 5.69 Å². The summed E-state index contributed by atoms with van der Waals surface area (Å²) in [6.45, 7) is 6.81. The van der Waals surface area contributed by atoms with Crippen molar-refractivity contribution in [3.05, 3.63) is 41.7 Å². The van der Waals surface area contributed by atoms with E-state index in [0.29, 0.717) is 30.0 Å². The van der Waals surface area contributed by atoms with Gasteiger partial charge in [0.05, 0.1) is 41.2 Å². The SMILES string of the molecule is CCn1cc(C(=O)Nc2cnn(CC)c2C(=O)Nc2cnn(C)c2C)cn1. The second-order valence-corrected chi connectivity index (χ2v) is 5.98. The quantitative estimate of drug-likeness (QED) is 0.685. The van der Waals surface area contributed by atoms with Crippen LogP contribution in [0.4, 0.5) is 11.4 Å². The third kappa shape index (κ3) is 3.59. The third-order valence-corrected chi connectivity index (χ3v) is 4.31. The Labute approximate surface area is 156 Å². The number of anilines is 2. The Kier molecular flexibility index (Phi) is 5.06. The van der Waals surface area contributed by atoms with Gasteiger partial charge in [-0.3, -0.25) is 23.6 Å². The molecule has 27 heavy (non-hydrogen) atoms. The van der Waals surface area contributed by atoms with Crippen molar-refractivity contribution in [2.75, 3.05) is 10.6 Å². The Bertz CT molecular complexity index is 981. The summed E-state index contributed by atoms with van der Waals surface area (Å²) in [5.41, 5.74) is 2.45. The van der Waals surface area contributed by atoms with Crippen molar-refractivity contribution in [3.8, 4) is 0 Å². The van der Waals surface area contributed by atoms with Gasteiger partial charge in [-0.25, -0.2) is 0 Å². The smallest absolute Gasteiger partial charge is 0.276 e. The molecule has 0 bridgehead atoms. The molecule has 0 unspecified atom stereocenters. The predicted molar refractivity (Wildman–Crippen MR) is 99.7 cm³/mol. The van der Waals surface area contributed by atoms with E-state index in [4.69, 9.17) is 0 Å². The molecule has 0 fully saturated rings. The van der Waals surface area contributed by atoms with Gasteiger partial charge in [0.15, 0.2) is 0 Å². The number of amides is 2. The minimum atomic E-state index is -0.370. The molecule has 0 spiro atoms. The molecule has 142 valence electrons. The van der Waals surface area contributed by atoms with Gasteiger partial charge in [-0.2, -0.15) is 15.3 Å². The number of hydrogen-bond acceptors (Lipinski definition) is 5. The average molecular weight is 370 g/mol. The molecule has 2 amide bonds. The minimum Gasteiger partial charge on any atom is -0.319 e. The highest BCUT2D eigenvalue weighted by molar-refractivity contribution is 6.11. The molecule has 3 aromatic rings. The van der Waals surface area contributed by atoms with Crippen LogP contribution in [0.25, 0.3) is 0 Å². The normalized spacial score (nSPS) is 10.8. The van der Waals surface area contributed by atoms with Crippen LogP contribution in [-0.2, 0) is 20.1 Å². The zero-order chi connectivity index (χ0) is 19.6. The highest BCUT2D eigenvalue weighted by Crippen LogP contribution is 2.20.